The number of non-ortho nitro benzene ring substituents is 1. The fourth-order valence-corrected chi connectivity index (χ4v) is 4.23. The Morgan fingerprint density at radius 3 is 2.68 bits per heavy atom. The summed E-state index contributed by atoms with van der Waals surface area (Å²) in [5.74, 6) is 0.127. The summed E-state index contributed by atoms with van der Waals surface area (Å²) in [5.41, 5.74) is 1.92. The van der Waals surface area contributed by atoms with E-state index in [9.17, 15) is 20.0 Å². The molecule has 0 aromatic heterocycles. The number of nitro groups is 1. The Bertz CT molecular complexity index is 1220. The summed E-state index contributed by atoms with van der Waals surface area (Å²) in [6.45, 7) is 0.334. The van der Waals surface area contributed by atoms with Gasteiger partial charge in [-0.1, -0.05) is 24.3 Å². The summed E-state index contributed by atoms with van der Waals surface area (Å²) in [6.07, 6.45) is 2.95. The minimum Gasteiger partial charge on any atom is -0.504 e. The third-order valence-electron chi connectivity index (χ3n) is 5.41. The number of carbonyl (C=O) groups excluding carboxylic acids is 1. The van der Waals surface area contributed by atoms with E-state index >= 15 is 0 Å². The second-order valence-corrected chi connectivity index (χ2v) is 7.50. The van der Waals surface area contributed by atoms with Crippen LogP contribution in [0.3, 0.4) is 0 Å². The van der Waals surface area contributed by atoms with E-state index in [4.69, 9.17) is 16.3 Å². The fourth-order valence-electron chi connectivity index (χ4n) is 3.98. The molecular formula is C23H19ClN2O5. The number of amides is 1. The van der Waals surface area contributed by atoms with Gasteiger partial charge in [0.25, 0.3) is 11.6 Å². The first-order valence-corrected chi connectivity index (χ1v) is 10.1. The standard InChI is InChI=1S/C23H19ClN2O5/c1-31-21-8-6-14(10-20(21)27)7-9-22(28)25-13-15(12-24)23-17-5-3-2-4-16(17)18(26(29)30)11-19(23)25/h2-11,15,27H,12-13H2,1H3/b9-7+. The van der Waals surface area contributed by atoms with Crippen molar-refractivity contribution in [2.75, 3.05) is 24.4 Å². The maximum Gasteiger partial charge on any atom is 0.279 e. The van der Waals surface area contributed by atoms with Gasteiger partial charge in [0.2, 0.25) is 0 Å². The molecule has 3 aromatic rings. The smallest absolute Gasteiger partial charge is 0.279 e. The zero-order chi connectivity index (χ0) is 22.1. The van der Waals surface area contributed by atoms with Crippen LogP contribution in [0.25, 0.3) is 16.8 Å². The number of nitro benzene ring substituents is 1. The molecule has 31 heavy (non-hydrogen) atoms. The Kier molecular flexibility index (Phi) is 5.52. The normalized spacial score (nSPS) is 15.4. The molecule has 158 valence electrons. The monoisotopic (exact) mass is 438 g/mol. The first-order valence-electron chi connectivity index (χ1n) is 9.57. The summed E-state index contributed by atoms with van der Waals surface area (Å²) in [5, 5.41) is 22.8. The molecule has 0 fully saturated rings. The molecule has 1 heterocycles. The number of rotatable bonds is 5. The number of fused-ring (bicyclic) bond motifs is 3. The van der Waals surface area contributed by atoms with Crippen molar-refractivity contribution in [3.05, 3.63) is 75.8 Å². The molecule has 1 N–H and O–H groups in total. The van der Waals surface area contributed by atoms with Crippen molar-refractivity contribution in [2.45, 2.75) is 5.92 Å². The van der Waals surface area contributed by atoms with Gasteiger partial charge in [0, 0.05) is 30.5 Å². The zero-order valence-electron chi connectivity index (χ0n) is 16.6. The van der Waals surface area contributed by atoms with E-state index in [0.29, 0.717) is 28.9 Å². The lowest BCUT2D eigenvalue weighted by atomic mass is 9.95. The highest BCUT2D eigenvalue weighted by Crippen LogP contribution is 2.45. The Morgan fingerprint density at radius 2 is 2.03 bits per heavy atom. The van der Waals surface area contributed by atoms with E-state index in [2.05, 4.69) is 0 Å². The fraction of sp³-hybridized carbons (Fsp3) is 0.174. The van der Waals surface area contributed by atoms with E-state index in [1.165, 1.54) is 30.2 Å². The molecule has 0 saturated heterocycles. The number of nitrogens with zero attached hydrogens (tertiary/aromatic N) is 2. The Hall–Kier alpha value is -3.58. The summed E-state index contributed by atoms with van der Waals surface area (Å²) >= 11 is 6.20. The van der Waals surface area contributed by atoms with Crippen LogP contribution in [0.1, 0.15) is 17.0 Å². The molecule has 7 nitrogen and oxygen atoms in total. The first kappa shape index (κ1) is 20.7. The summed E-state index contributed by atoms with van der Waals surface area (Å²) in [7, 11) is 1.45. The molecule has 1 aliphatic heterocycles. The topological polar surface area (TPSA) is 92.9 Å². The largest absolute Gasteiger partial charge is 0.504 e. The third-order valence-corrected chi connectivity index (χ3v) is 5.79. The van der Waals surface area contributed by atoms with Crippen molar-refractivity contribution in [3.63, 3.8) is 0 Å². The van der Waals surface area contributed by atoms with Crippen LogP contribution in [0.5, 0.6) is 11.5 Å². The molecule has 3 aromatic carbocycles. The van der Waals surface area contributed by atoms with Gasteiger partial charge in [-0.25, -0.2) is 0 Å². The van der Waals surface area contributed by atoms with E-state index < -0.39 is 4.92 Å². The Balaban J connectivity index is 1.74. The Morgan fingerprint density at radius 1 is 1.29 bits per heavy atom. The van der Waals surface area contributed by atoms with Crippen LogP contribution in [0.4, 0.5) is 11.4 Å². The number of halogens is 1. The lowest BCUT2D eigenvalue weighted by molar-refractivity contribution is -0.383. The van der Waals surface area contributed by atoms with Gasteiger partial charge in [0.05, 0.1) is 23.1 Å². The number of anilines is 1. The second kappa shape index (κ2) is 8.28. The predicted molar refractivity (Wildman–Crippen MR) is 120 cm³/mol. The average molecular weight is 439 g/mol. The van der Waals surface area contributed by atoms with Crippen LogP contribution >= 0.6 is 11.6 Å². The minimum absolute atomic E-state index is 0.0343. The molecule has 1 atom stereocenters. The molecule has 1 amide bonds. The maximum atomic E-state index is 13.0. The number of hydrogen-bond donors (Lipinski definition) is 1. The zero-order valence-corrected chi connectivity index (χ0v) is 17.4. The maximum absolute atomic E-state index is 13.0. The average Bonchev–Trinajstić information content (AvgIpc) is 3.16. The minimum atomic E-state index is -0.435. The van der Waals surface area contributed by atoms with Crippen LogP contribution in [-0.4, -0.2) is 35.5 Å². The second-order valence-electron chi connectivity index (χ2n) is 7.20. The highest BCUT2D eigenvalue weighted by Gasteiger charge is 2.35. The van der Waals surface area contributed by atoms with Crippen molar-refractivity contribution in [1.82, 2.24) is 0 Å². The lowest BCUT2D eigenvalue weighted by Gasteiger charge is -2.16. The summed E-state index contributed by atoms with van der Waals surface area (Å²) in [6, 6.07) is 13.4. The third kappa shape index (κ3) is 3.68. The number of methoxy groups -OCH3 is 1. The molecule has 8 heteroatoms. The number of hydrogen-bond acceptors (Lipinski definition) is 5. The first-order chi connectivity index (χ1) is 14.9. The van der Waals surface area contributed by atoms with E-state index in [0.717, 1.165) is 10.9 Å². The van der Waals surface area contributed by atoms with Gasteiger partial charge < -0.3 is 14.7 Å². The predicted octanol–water partition coefficient (Wildman–Crippen LogP) is 4.84. The number of carbonyl (C=O) groups is 1. The molecule has 0 saturated carbocycles. The molecule has 0 spiro atoms. The number of phenols is 1. The van der Waals surface area contributed by atoms with Gasteiger partial charge >= 0.3 is 0 Å². The number of alkyl halides is 1. The van der Waals surface area contributed by atoms with Crippen molar-refractivity contribution >= 4 is 45.7 Å². The summed E-state index contributed by atoms with van der Waals surface area (Å²) < 4.78 is 5.02. The SMILES string of the molecule is COc1ccc(/C=C/C(=O)N2CC(CCl)c3c2cc([N+](=O)[O-])c2ccccc32)cc1O. The quantitative estimate of drug-likeness (QED) is 0.266. The van der Waals surface area contributed by atoms with Crippen LogP contribution < -0.4 is 9.64 Å². The molecule has 0 bridgehead atoms. The number of aromatic hydroxyl groups is 1. The molecule has 1 aliphatic rings. The number of benzene rings is 3. The van der Waals surface area contributed by atoms with Gasteiger partial charge in [-0.15, -0.1) is 11.6 Å². The van der Waals surface area contributed by atoms with E-state index in [1.54, 1.807) is 30.3 Å². The molecule has 0 aliphatic carbocycles. The molecular weight excluding hydrogens is 420 g/mol. The molecule has 0 radical (unpaired) electrons. The number of ether oxygens (including phenoxy) is 1. The van der Waals surface area contributed by atoms with Gasteiger partial charge in [-0.05, 0) is 40.8 Å². The van der Waals surface area contributed by atoms with Crippen LogP contribution in [-0.2, 0) is 4.79 Å². The molecule has 4 rings (SSSR count). The lowest BCUT2D eigenvalue weighted by Crippen LogP contribution is -2.28. The van der Waals surface area contributed by atoms with Crippen molar-refractivity contribution in [1.29, 1.82) is 0 Å². The summed E-state index contributed by atoms with van der Waals surface area (Å²) in [4.78, 5) is 25.8. The highest BCUT2D eigenvalue weighted by atomic mass is 35.5. The van der Waals surface area contributed by atoms with Crippen LogP contribution in [0, 0.1) is 10.1 Å². The van der Waals surface area contributed by atoms with E-state index in [-0.39, 0.29) is 29.1 Å². The van der Waals surface area contributed by atoms with Crippen LogP contribution in [0.2, 0.25) is 0 Å². The highest BCUT2D eigenvalue weighted by molar-refractivity contribution is 6.19. The Labute approximate surface area is 183 Å². The van der Waals surface area contributed by atoms with Crippen molar-refractivity contribution in [3.8, 4) is 11.5 Å². The number of phenolic OH excluding ortho intramolecular Hbond substituents is 1. The van der Waals surface area contributed by atoms with Gasteiger partial charge in [0.1, 0.15) is 0 Å². The van der Waals surface area contributed by atoms with E-state index in [1.807, 2.05) is 12.1 Å². The van der Waals surface area contributed by atoms with Crippen molar-refractivity contribution < 1.29 is 19.6 Å². The van der Waals surface area contributed by atoms with Gasteiger partial charge in [-0.2, -0.15) is 0 Å². The van der Waals surface area contributed by atoms with Crippen LogP contribution in [0.15, 0.2) is 54.6 Å². The van der Waals surface area contributed by atoms with Crippen molar-refractivity contribution in [2.24, 2.45) is 0 Å². The van der Waals surface area contributed by atoms with Gasteiger partial charge in [0.15, 0.2) is 11.5 Å². The van der Waals surface area contributed by atoms with Gasteiger partial charge in [-0.3, -0.25) is 14.9 Å². The molecule has 1 unspecified atom stereocenters.